The predicted molar refractivity (Wildman–Crippen MR) is 158 cm³/mol. The van der Waals surface area contributed by atoms with E-state index >= 15 is 0 Å². The molecule has 0 aliphatic carbocycles. The number of piperazine rings is 1. The number of nitrogens with zero attached hydrogens (tertiary/aromatic N) is 4. The summed E-state index contributed by atoms with van der Waals surface area (Å²) in [6.07, 6.45) is 0. The third-order valence-electron chi connectivity index (χ3n) is 7.94. The average molecular weight is 552 g/mol. The summed E-state index contributed by atoms with van der Waals surface area (Å²) >= 11 is 0. The standard InChI is InChI=1S/C32H33N5O4/c1-35-12-14-36(15-13-35)20-28(38)37-18-23-8-10-25(16-24(23)19-37)33-30(21-6-4-3-5-7-21)29-26-11-9-22(32(40)41-2)17-27(26)34-31(29)39/h3-11,16-17,34,39H,12-15,18-20H2,1-2H3. The van der Waals surface area contributed by atoms with Gasteiger partial charge in [0.05, 0.1) is 36.2 Å². The Balaban J connectivity index is 1.31. The van der Waals surface area contributed by atoms with Crippen LogP contribution in [0.5, 0.6) is 5.88 Å². The lowest BCUT2D eigenvalue weighted by atomic mass is 10.00. The van der Waals surface area contributed by atoms with Crippen LogP contribution in [0.3, 0.4) is 0 Å². The highest BCUT2D eigenvalue weighted by Crippen LogP contribution is 2.33. The van der Waals surface area contributed by atoms with Gasteiger partial charge in [0, 0.05) is 55.7 Å². The molecule has 3 aromatic carbocycles. The molecule has 1 saturated heterocycles. The minimum atomic E-state index is -0.450. The van der Waals surface area contributed by atoms with Crippen molar-refractivity contribution in [1.82, 2.24) is 19.7 Å². The minimum absolute atomic E-state index is 0.0357. The van der Waals surface area contributed by atoms with Crippen molar-refractivity contribution in [1.29, 1.82) is 0 Å². The Labute approximate surface area is 238 Å². The third-order valence-corrected chi connectivity index (χ3v) is 7.94. The molecule has 0 saturated carbocycles. The Morgan fingerprint density at radius 2 is 1.68 bits per heavy atom. The number of aromatic nitrogens is 1. The van der Waals surface area contributed by atoms with Crippen LogP contribution in [0.4, 0.5) is 5.69 Å². The fourth-order valence-corrected chi connectivity index (χ4v) is 5.58. The molecule has 0 spiro atoms. The third kappa shape index (κ3) is 5.46. The van der Waals surface area contributed by atoms with Gasteiger partial charge in [-0.15, -0.1) is 0 Å². The normalized spacial score (nSPS) is 16.2. The summed E-state index contributed by atoms with van der Waals surface area (Å²) in [6.45, 7) is 5.39. The van der Waals surface area contributed by atoms with Gasteiger partial charge in [0.15, 0.2) is 5.88 Å². The van der Waals surface area contributed by atoms with Gasteiger partial charge < -0.3 is 24.6 Å². The molecule has 210 valence electrons. The second kappa shape index (κ2) is 11.2. The van der Waals surface area contributed by atoms with Gasteiger partial charge in [-0.3, -0.25) is 9.69 Å². The van der Waals surface area contributed by atoms with Crippen LogP contribution >= 0.6 is 0 Å². The van der Waals surface area contributed by atoms with E-state index in [1.165, 1.54) is 7.11 Å². The van der Waals surface area contributed by atoms with Crippen molar-refractivity contribution in [2.45, 2.75) is 13.1 Å². The molecule has 3 heterocycles. The molecule has 1 amide bonds. The Morgan fingerprint density at radius 1 is 0.927 bits per heavy atom. The van der Waals surface area contributed by atoms with Crippen molar-refractivity contribution in [2.75, 3.05) is 46.9 Å². The molecule has 9 nitrogen and oxygen atoms in total. The van der Waals surface area contributed by atoms with E-state index in [-0.39, 0.29) is 11.8 Å². The molecule has 2 aliphatic heterocycles. The molecule has 0 unspecified atom stereocenters. The zero-order valence-corrected chi connectivity index (χ0v) is 23.3. The number of amides is 1. The SMILES string of the molecule is COC(=O)c1ccc2c(C(=Nc3ccc4c(c3)CN(C(=O)CN3CCN(C)CC3)C4)c3ccccc3)c(O)[nH]c2c1. The Morgan fingerprint density at radius 3 is 2.44 bits per heavy atom. The summed E-state index contributed by atoms with van der Waals surface area (Å²) in [4.78, 5) is 39.6. The molecule has 6 rings (SSSR count). The Kier molecular flexibility index (Phi) is 7.30. The van der Waals surface area contributed by atoms with Crippen LogP contribution in [0.25, 0.3) is 10.9 Å². The van der Waals surface area contributed by atoms with Crippen LogP contribution in [0.15, 0.2) is 71.7 Å². The van der Waals surface area contributed by atoms with Gasteiger partial charge in [0.25, 0.3) is 0 Å². The minimum Gasteiger partial charge on any atom is -0.494 e. The maximum absolute atomic E-state index is 13.1. The number of benzene rings is 3. The van der Waals surface area contributed by atoms with E-state index in [0.29, 0.717) is 42.0 Å². The van der Waals surface area contributed by atoms with Crippen LogP contribution in [0.1, 0.15) is 32.6 Å². The zero-order chi connectivity index (χ0) is 28.5. The first-order valence-electron chi connectivity index (χ1n) is 13.8. The molecular weight excluding hydrogens is 518 g/mol. The van der Waals surface area contributed by atoms with E-state index in [1.54, 1.807) is 18.2 Å². The monoisotopic (exact) mass is 551 g/mol. The lowest BCUT2D eigenvalue weighted by Gasteiger charge is -2.32. The van der Waals surface area contributed by atoms with E-state index in [2.05, 4.69) is 21.8 Å². The molecule has 0 atom stereocenters. The van der Waals surface area contributed by atoms with Crippen LogP contribution in [-0.4, -0.2) is 89.3 Å². The average Bonchev–Trinajstić information content (AvgIpc) is 3.56. The zero-order valence-electron chi connectivity index (χ0n) is 23.3. The number of hydrogen-bond donors (Lipinski definition) is 2. The van der Waals surface area contributed by atoms with Crippen molar-refractivity contribution in [2.24, 2.45) is 4.99 Å². The Hall–Kier alpha value is -4.47. The molecule has 9 heteroatoms. The van der Waals surface area contributed by atoms with Gasteiger partial charge in [-0.05, 0) is 42.4 Å². The van der Waals surface area contributed by atoms with E-state index in [9.17, 15) is 14.7 Å². The van der Waals surface area contributed by atoms with Crippen LogP contribution in [-0.2, 0) is 22.6 Å². The number of hydrogen-bond acceptors (Lipinski definition) is 7. The quantitative estimate of drug-likeness (QED) is 0.278. The number of H-pyrrole nitrogens is 1. The number of methoxy groups -OCH3 is 1. The summed E-state index contributed by atoms with van der Waals surface area (Å²) < 4.78 is 4.85. The highest BCUT2D eigenvalue weighted by molar-refractivity contribution is 6.22. The first kappa shape index (κ1) is 26.7. The molecule has 1 fully saturated rings. The fourth-order valence-electron chi connectivity index (χ4n) is 5.58. The van der Waals surface area contributed by atoms with Gasteiger partial charge in [-0.25, -0.2) is 9.79 Å². The number of esters is 1. The molecule has 41 heavy (non-hydrogen) atoms. The summed E-state index contributed by atoms with van der Waals surface area (Å²) in [7, 11) is 3.45. The number of rotatable bonds is 6. The number of carbonyl (C=O) groups is 2. The van der Waals surface area contributed by atoms with Gasteiger partial charge in [-0.2, -0.15) is 0 Å². The molecule has 2 N–H and O–H groups in total. The summed E-state index contributed by atoms with van der Waals surface area (Å²) in [6, 6.07) is 20.8. The van der Waals surface area contributed by atoms with E-state index in [1.807, 2.05) is 53.4 Å². The number of aliphatic imine (C=N–C) groups is 1. The van der Waals surface area contributed by atoms with Crippen LogP contribution in [0, 0.1) is 0 Å². The predicted octanol–water partition coefficient (Wildman–Crippen LogP) is 3.92. The second-order valence-electron chi connectivity index (χ2n) is 10.7. The number of fused-ring (bicyclic) bond motifs is 2. The van der Waals surface area contributed by atoms with E-state index < -0.39 is 5.97 Å². The first-order valence-corrected chi connectivity index (χ1v) is 13.8. The Bertz CT molecular complexity index is 1640. The van der Waals surface area contributed by atoms with E-state index in [0.717, 1.165) is 53.9 Å². The summed E-state index contributed by atoms with van der Waals surface area (Å²) in [5, 5.41) is 11.8. The van der Waals surface area contributed by atoms with Crippen molar-refractivity contribution in [3.63, 3.8) is 0 Å². The van der Waals surface area contributed by atoms with Crippen molar-refractivity contribution in [3.05, 3.63) is 94.5 Å². The number of ether oxygens (including phenoxy) is 1. The summed E-state index contributed by atoms with van der Waals surface area (Å²) in [5.74, 6) is -0.337. The van der Waals surface area contributed by atoms with Gasteiger partial charge in [-0.1, -0.05) is 42.5 Å². The molecular formula is C32H33N5O4. The highest BCUT2D eigenvalue weighted by atomic mass is 16.5. The van der Waals surface area contributed by atoms with Gasteiger partial charge in [0.2, 0.25) is 5.91 Å². The topological polar surface area (TPSA) is 101 Å². The maximum Gasteiger partial charge on any atom is 0.337 e. The van der Waals surface area contributed by atoms with Gasteiger partial charge >= 0.3 is 5.97 Å². The number of carbonyl (C=O) groups excluding carboxylic acids is 2. The van der Waals surface area contributed by atoms with Crippen molar-refractivity contribution in [3.8, 4) is 5.88 Å². The van der Waals surface area contributed by atoms with Gasteiger partial charge in [0.1, 0.15) is 0 Å². The van der Waals surface area contributed by atoms with Crippen molar-refractivity contribution >= 4 is 34.2 Å². The van der Waals surface area contributed by atoms with Crippen molar-refractivity contribution < 1.29 is 19.4 Å². The fraction of sp³-hybridized carbons (Fsp3) is 0.281. The number of aromatic amines is 1. The highest BCUT2D eigenvalue weighted by Gasteiger charge is 2.26. The molecule has 4 aromatic rings. The largest absolute Gasteiger partial charge is 0.494 e. The first-order chi connectivity index (χ1) is 19.9. The number of aromatic hydroxyl groups is 1. The second-order valence-corrected chi connectivity index (χ2v) is 10.7. The number of nitrogens with one attached hydrogen (secondary N) is 1. The van der Waals surface area contributed by atoms with Crippen LogP contribution < -0.4 is 0 Å². The van der Waals surface area contributed by atoms with E-state index in [4.69, 9.17) is 9.73 Å². The lowest BCUT2D eigenvalue weighted by Crippen LogP contribution is -2.48. The summed E-state index contributed by atoms with van der Waals surface area (Å²) in [5.41, 5.74) is 5.91. The van der Waals surface area contributed by atoms with Crippen LogP contribution in [0.2, 0.25) is 0 Å². The maximum atomic E-state index is 13.1. The lowest BCUT2D eigenvalue weighted by molar-refractivity contribution is -0.133. The molecule has 0 bridgehead atoms. The number of likely N-dealkylation sites (N-methyl/N-ethyl adjacent to an activating group) is 1. The smallest absolute Gasteiger partial charge is 0.337 e. The molecule has 1 aromatic heterocycles. The molecule has 2 aliphatic rings. The molecule has 0 radical (unpaired) electrons.